The monoisotopic (exact) mass is 259 g/mol. The summed E-state index contributed by atoms with van der Waals surface area (Å²) in [7, 11) is 0. The molecule has 2 nitrogen and oxygen atoms in total. The maximum absolute atomic E-state index is 14.0. The van der Waals surface area contributed by atoms with Gasteiger partial charge in [-0.3, -0.25) is 0 Å². The van der Waals surface area contributed by atoms with Crippen LogP contribution >= 0.6 is 0 Å². The van der Waals surface area contributed by atoms with E-state index in [1.165, 1.54) is 30.3 Å². The quantitative estimate of drug-likeness (QED) is 0.717. The van der Waals surface area contributed by atoms with Gasteiger partial charge in [0.25, 0.3) is 0 Å². The first kappa shape index (κ1) is 11.7. The van der Waals surface area contributed by atoms with Crippen LogP contribution in [-0.4, -0.2) is 4.98 Å². The van der Waals surface area contributed by atoms with Crippen molar-refractivity contribution in [2.45, 2.75) is 6.92 Å². The van der Waals surface area contributed by atoms with Crippen LogP contribution in [0.15, 0.2) is 42.6 Å². The maximum atomic E-state index is 14.0. The molecular formula is C15H11F2NO. The van der Waals surface area contributed by atoms with Crippen molar-refractivity contribution in [1.82, 2.24) is 4.98 Å². The zero-order valence-electron chi connectivity index (χ0n) is 10.2. The lowest BCUT2D eigenvalue weighted by Crippen LogP contribution is -1.93. The fraction of sp³-hybridized carbons (Fsp3) is 0.0667. The molecule has 19 heavy (non-hydrogen) atoms. The molecule has 0 atom stereocenters. The smallest absolute Gasteiger partial charge is 0.168 e. The number of H-pyrrole nitrogens is 1. The summed E-state index contributed by atoms with van der Waals surface area (Å²) in [6.07, 6.45) is 1.75. The predicted octanol–water partition coefficient (Wildman–Crippen LogP) is 4.55. The minimum Gasteiger partial charge on any atom is -0.454 e. The van der Waals surface area contributed by atoms with Crippen molar-refractivity contribution >= 4 is 10.9 Å². The summed E-state index contributed by atoms with van der Waals surface area (Å²) in [6.45, 7) is 1.79. The molecule has 0 fully saturated rings. The van der Waals surface area contributed by atoms with Gasteiger partial charge in [-0.2, -0.15) is 0 Å². The number of hydrogen-bond acceptors (Lipinski definition) is 1. The van der Waals surface area contributed by atoms with Gasteiger partial charge < -0.3 is 9.72 Å². The van der Waals surface area contributed by atoms with Crippen molar-refractivity contribution in [1.29, 1.82) is 0 Å². The Morgan fingerprint density at radius 3 is 2.53 bits per heavy atom. The molecule has 0 saturated heterocycles. The Balaban J connectivity index is 2.06. The first-order valence-electron chi connectivity index (χ1n) is 5.85. The van der Waals surface area contributed by atoms with E-state index in [2.05, 4.69) is 4.98 Å². The summed E-state index contributed by atoms with van der Waals surface area (Å²) in [5.74, 6) is -0.237. The minimum atomic E-state index is -0.447. The van der Waals surface area contributed by atoms with E-state index in [0.29, 0.717) is 11.3 Å². The van der Waals surface area contributed by atoms with Gasteiger partial charge >= 0.3 is 0 Å². The predicted molar refractivity (Wildman–Crippen MR) is 69.5 cm³/mol. The van der Waals surface area contributed by atoms with Crippen LogP contribution in [0, 0.1) is 18.6 Å². The van der Waals surface area contributed by atoms with E-state index >= 15 is 0 Å². The largest absolute Gasteiger partial charge is 0.454 e. The molecule has 3 aromatic rings. The van der Waals surface area contributed by atoms with E-state index < -0.39 is 5.82 Å². The second-order valence-electron chi connectivity index (χ2n) is 4.31. The Morgan fingerprint density at radius 2 is 1.79 bits per heavy atom. The number of fused-ring (bicyclic) bond motifs is 1. The van der Waals surface area contributed by atoms with Gasteiger partial charge in [0.05, 0.1) is 0 Å². The molecule has 3 rings (SSSR count). The van der Waals surface area contributed by atoms with Crippen molar-refractivity contribution in [2.24, 2.45) is 0 Å². The van der Waals surface area contributed by atoms with Crippen molar-refractivity contribution < 1.29 is 13.5 Å². The molecule has 0 aliphatic heterocycles. The van der Waals surface area contributed by atoms with E-state index in [1.54, 1.807) is 13.1 Å². The fourth-order valence-corrected chi connectivity index (χ4v) is 2.07. The molecule has 1 heterocycles. The van der Waals surface area contributed by atoms with Gasteiger partial charge in [0, 0.05) is 28.7 Å². The van der Waals surface area contributed by atoms with Crippen LogP contribution in [0.3, 0.4) is 0 Å². The highest BCUT2D eigenvalue weighted by atomic mass is 19.1. The third kappa shape index (κ3) is 2.05. The molecule has 0 aliphatic rings. The summed E-state index contributed by atoms with van der Waals surface area (Å²) < 4.78 is 32.3. The first-order chi connectivity index (χ1) is 9.15. The van der Waals surface area contributed by atoms with Crippen molar-refractivity contribution in [3.05, 3.63) is 59.8 Å². The van der Waals surface area contributed by atoms with Crippen LogP contribution in [0.25, 0.3) is 10.9 Å². The third-order valence-electron chi connectivity index (χ3n) is 3.05. The highest BCUT2D eigenvalue weighted by Crippen LogP contribution is 2.33. The van der Waals surface area contributed by atoms with Gasteiger partial charge in [-0.1, -0.05) is 0 Å². The Bertz CT molecular complexity index is 732. The number of aryl methyl sites for hydroxylation is 1. The number of halogens is 2. The van der Waals surface area contributed by atoms with Crippen molar-refractivity contribution in [2.75, 3.05) is 0 Å². The zero-order valence-corrected chi connectivity index (χ0v) is 10.2. The summed E-state index contributed by atoms with van der Waals surface area (Å²) in [6, 6.07) is 8.74. The maximum Gasteiger partial charge on any atom is 0.168 e. The highest BCUT2D eigenvalue weighted by molar-refractivity contribution is 5.85. The lowest BCUT2D eigenvalue weighted by atomic mass is 10.1. The standard InChI is InChI=1S/C15H11F2NO/c1-9-12-6-7-18-14(12)8-13(17)15(9)19-11-4-2-10(16)3-5-11/h2-8,18H,1H3. The molecule has 0 unspecified atom stereocenters. The summed E-state index contributed by atoms with van der Waals surface area (Å²) in [5, 5.41) is 0.901. The van der Waals surface area contributed by atoms with Crippen molar-refractivity contribution in [3.63, 3.8) is 0 Å². The number of ether oxygens (including phenoxy) is 1. The Labute approximate surface area is 108 Å². The number of rotatable bonds is 2. The Morgan fingerprint density at radius 1 is 1.05 bits per heavy atom. The number of aromatic nitrogens is 1. The zero-order chi connectivity index (χ0) is 13.4. The third-order valence-corrected chi connectivity index (χ3v) is 3.05. The molecular weight excluding hydrogens is 248 g/mol. The topological polar surface area (TPSA) is 25.0 Å². The molecule has 0 radical (unpaired) electrons. The van der Waals surface area contributed by atoms with Crippen LogP contribution in [0.2, 0.25) is 0 Å². The number of nitrogens with one attached hydrogen (secondary N) is 1. The molecule has 0 aliphatic carbocycles. The SMILES string of the molecule is Cc1c(Oc2ccc(F)cc2)c(F)cc2[nH]ccc12. The van der Waals surface area contributed by atoms with Crippen LogP contribution in [-0.2, 0) is 0 Å². The Hall–Kier alpha value is -2.36. The molecule has 2 aromatic carbocycles. The second-order valence-corrected chi connectivity index (χ2v) is 4.31. The van der Waals surface area contributed by atoms with Gasteiger partial charge in [0.1, 0.15) is 11.6 Å². The second kappa shape index (κ2) is 4.39. The van der Waals surface area contributed by atoms with E-state index in [0.717, 1.165) is 10.9 Å². The van der Waals surface area contributed by atoms with E-state index in [4.69, 9.17) is 4.74 Å². The normalized spacial score (nSPS) is 10.9. The summed E-state index contributed by atoms with van der Waals surface area (Å²) >= 11 is 0. The lowest BCUT2D eigenvalue weighted by Gasteiger charge is -2.10. The van der Waals surface area contributed by atoms with E-state index in [9.17, 15) is 8.78 Å². The van der Waals surface area contributed by atoms with E-state index in [1.807, 2.05) is 6.07 Å². The van der Waals surface area contributed by atoms with Crippen LogP contribution in [0.4, 0.5) is 8.78 Å². The molecule has 0 amide bonds. The van der Waals surface area contributed by atoms with Gasteiger partial charge in [0.2, 0.25) is 0 Å². The fourth-order valence-electron chi connectivity index (χ4n) is 2.07. The molecule has 0 spiro atoms. The molecule has 1 N–H and O–H groups in total. The molecule has 0 saturated carbocycles. The van der Waals surface area contributed by atoms with Gasteiger partial charge in [-0.25, -0.2) is 8.78 Å². The molecule has 1 aromatic heterocycles. The summed E-state index contributed by atoms with van der Waals surface area (Å²) in [4.78, 5) is 2.95. The summed E-state index contributed by atoms with van der Waals surface area (Å²) in [5.41, 5.74) is 1.43. The minimum absolute atomic E-state index is 0.165. The number of hydrogen-bond donors (Lipinski definition) is 1. The van der Waals surface area contributed by atoms with Crippen molar-refractivity contribution in [3.8, 4) is 11.5 Å². The van der Waals surface area contributed by atoms with Crippen LogP contribution in [0.5, 0.6) is 11.5 Å². The van der Waals surface area contributed by atoms with Crippen LogP contribution in [0.1, 0.15) is 5.56 Å². The molecule has 96 valence electrons. The molecule has 0 bridgehead atoms. The Kier molecular flexibility index (Phi) is 2.71. The van der Waals surface area contributed by atoms with Crippen LogP contribution < -0.4 is 4.74 Å². The lowest BCUT2D eigenvalue weighted by molar-refractivity contribution is 0.439. The van der Waals surface area contributed by atoms with Gasteiger partial charge in [-0.05, 0) is 37.3 Å². The average Bonchev–Trinajstić information content (AvgIpc) is 2.85. The van der Waals surface area contributed by atoms with Gasteiger partial charge in [0.15, 0.2) is 11.6 Å². The van der Waals surface area contributed by atoms with E-state index in [-0.39, 0.29) is 11.6 Å². The number of aromatic amines is 1. The first-order valence-corrected chi connectivity index (χ1v) is 5.85. The average molecular weight is 259 g/mol. The molecule has 4 heteroatoms. The number of benzene rings is 2. The van der Waals surface area contributed by atoms with Gasteiger partial charge in [-0.15, -0.1) is 0 Å². The highest BCUT2D eigenvalue weighted by Gasteiger charge is 2.13.